The van der Waals surface area contributed by atoms with Crippen LogP contribution in [-0.4, -0.2) is 22.6 Å². The van der Waals surface area contributed by atoms with Crippen molar-refractivity contribution in [2.24, 2.45) is 0 Å². The highest BCUT2D eigenvalue weighted by atomic mass is 32.1. The third-order valence-corrected chi connectivity index (χ3v) is 4.23. The molecule has 0 aliphatic carbocycles. The summed E-state index contributed by atoms with van der Waals surface area (Å²) in [6, 6.07) is 12.2. The Morgan fingerprint density at radius 3 is 2.71 bits per heavy atom. The van der Waals surface area contributed by atoms with Crippen LogP contribution in [0.5, 0.6) is 5.75 Å². The molecular weight excluding hydrogens is 326 g/mol. The van der Waals surface area contributed by atoms with Crippen molar-refractivity contribution in [1.29, 1.82) is 0 Å². The molecule has 7 heteroatoms. The number of hydrogen-bond donors (Lipinski definition) is 1. The van der Waals surface area contributed by atoms with E-state index in [9.17, 15) is 9.59 Å². The molecule has 1 N–H and O–H groups in total. The van der Waals surface area contributed by atoms with Gasteiger partial charge in [0.25, 0.3) is 5.56 Å². The normalized spacial score (nSPS) is 10.4. The summed E-state index contributed by atoms with van der Waals surface area (Å²) < 4.78 is 6.34. The number of hydrogen-bond acceptors (Lipinski definition) is 5. The lowest BCUT2D eigenvalue weighted by atomic mass is 10.3. The van der Waals surface area contributed by atoms with Crippen molar-refractivity contribution in [3.8, 4) is 16.3 Å². The number of carbonyl (C=O) groups is 1. The van der Waals surface area contributed by atoms with Gasteiger partial charge in [-0.05, 0) is 35.7 Å². The quantitative estimate of drug-likeness (QED) is 0.774. The van der Waals surface area contributed by atoms with Crippen molar-refractivity contribution in [3.63, 3.8) is 0 Å². The highest BCUT2D eigenvalue weighted by molar-refractivity contribution is 7.13. The fraction of sp³-hybridized carbons (Fsp3) is 0.118. The van der Waals surface area contributed by atoms with E-state index in [2.05, 4.69) is 10.3 Å². The molecule has 6 nitrogen and oxygen atoms in total. The van der Waals surface area contributed by atoms with Gasteiger partial charge in [0.05, 0.1) is 24.0 Å². The number of anilines is 1. The molecule has 3 rings (SSSR count). The standard InChI is InChI=1S/C17H15N3O3S/c1-23-13-6-4-12(5-7-13)19-16(21)10-20-11-18-14(9-17(20)22)15-3-2-8-24-15/h2-9,11H,10H2,1H3,(H,19,21). The van der Waals surface area contributed by atoms with Crippen molar-refractivity contribution in [2.75, 3.05) is 12.4 Å². The third-order valence-electron chi connectivity index (χ3n) is 3.34. The Morgan fingerprint density at radius 1 is 1.29 bits per heavy atom. The minimum atomic E-state index is -0.298. The molecule has 0 saturated carbocycles. The summed E-state index contributed by atoms with van der Waals surface area (Å²) >= 11 is 1.51. The zero-order valence-corrected chi connectivity index (χ0v) is 13.7. The number of methoxy groups -OCH3 is 1. The van der Waals surface area contributed by atoms with Crippen LogP contribution in [-0.2, 0) is 11.3 Å². The van der Waals surface area contributed by atoms with Crippen LogP contribution in [0, 0.1) is 0 Å². The average molecular weight is 341 g/mol. The summed E-state index contributed by atoms with van der Waals surface area (Å²) in [5.41, 5.74) is 0.983. The van der Waals surface area contributed by atoms with Gasteiger partial charge in [-0.25, -0.2) is 4.98 Å². The summed E-state index contributed by atoms with van der Waals surface area (Å²) in [6.07, 6.45) is 1.39. The lowest BCUT2D eigenvalue weighted by Gasteiger charge is -2.08. The molecule has 24 heavy (non-hydrogen) atoms. The van der Waals surface area contributed by atoms with Crippen LogP contribution < -0.4 is 15.6 Å². The minimum Gasteiger partial charge on any atom is -0.497 e. The topological polar surface area (TPSA) is 73.2 Å². The first-order valence-corrected chi connectivity index (χ1v) is 8.08. The van der Waals surface area contributed by atoms with E-state index in [1.165, 1.54) is 28.3 Å². The molecule has 0 unspecified atom stereocenters. The first-order valence-electron chi connectivity index (χ1n) is 7.20. The van der Waals surface area contributed by atoms with Gasteiger partial charge in [0.15, 0.2) is 0 Å². The predicted molar refractivity (Wildman–Crippen MR) is 93.4 cm³/mol. The summed E-state index contributed by atoms with van der Waals surface area (Å²) in [5, 5.41) is 4.65. The van der Waals surface area contributed by atoms with E-state index in [4.69, 9.17) is 4.74 Å². The van der Waals surface area contributed by atoms with Crippen molar-refractivity contribution in [2.45, 2.75) is 6.54 Å². The van der Waals surface area contributed by atoms with E-state index < -0.39 is 0 Å². The first-order chi connectivity index (χ1) is 11.7. The Bertz CT molecular complexity index is 886. The lowest BCUT2D eigenvalue weighted by Crippen LogP contribution is -2.27. The van der Waals surface area contributed by atoms with E-state index in [1.54, 1.807) is 31.4 Å². The Labute approximate surface area is 142 Å². The van der Waals surface area contributed by atoms with Crippen LogP contribution >= 0.6 is 11.3 Å². The molecule has 0 atom stereocenters. The van der Waals surface area contributed by atoms with Gasteiger partial charge in [-0.1, -0.05) is 6.07 Å². The lowest BCUT2D eigenvalue weighted by molar-refractivity contribution is -0.116. The van der Waals surface area contributed by atoms with E-state index in [0.717, 1.165) is 4.88 Å². The van der Waals surface area contributed by atoms with Crippen LogP contribution in [0.4, 0.5) is 5.69 Å². The maximum Gasteiger partial charge on any atom is 0.254 e. The number of benzene rings is 1. The zero-order valence-electron chi connectivity index (χ0n) is 12.9. The first kappa shape index (κ1) is 15.9. The molecule has 122 valence electrons. The van der Waals surface area contributed by atoms with Crippen molar-refractivity contribution in [3.05, 3.63) is 64.5 Å². The number of rotatable bonds is 5. The van der Waals surface area contributed by atoms with Crippen LogP contribution in [0.1, 0.15) is 0 Å². The zero-order chi connectivity index (χ0) is 16.9. The Morgan fingerprint density at radius 2 is 2.08 bits per heavy atom. The van der Waals surface area contributed by atoms with Gasteiger partial charge in [0.2, 0.25) is 5.91 Å². The molecule has 0 radical (unpaired) electrons. The monoisotopic (exact) mass is 341 g/mol. The van der Waals surface area contributed by atoms with E-state index in [-0.39, 0.29) is 18.0 Å². The molecule has 0 aliphatic heterocycles. The smallest absolute Gasteiger partial charge is 0.254 e. The number of nitrogens with one attached hydrogen (secondary N) is 1. The second-order valence-corrected chi connectivity index (χ2v) is 5.94. The van der Waals surface area contributed by atoms with Gasteiger partial charge >= 0.3 is 0 Å². The number of carbonyl (C=O) groups excluding carboxylic acids is 1. The number of amides is 1. The second-order valence-electron chi connectivity index (χ2n) is 4.99. The van der Waals surface area contributed by atoms with E-state index in [0.29, 0.717) is 17.1 Å². The van der Waals surface area contributed by atoms with Crippen LogP contribution in [0.2, 0.25) is 0 Å². The number of ether oxygens (including phenoxy) is 1. The molecule has 0 fully saturated rings. The maximum absolute atomic E-state index is 12.1. The SMILES string of the molecule is COc1ccc(NC(=O)Cn2cnc(-c3cccs3)cc2=O)cc1. The van der Waals surface area contributed by atoms with Crippen LogP contribution in [0.15, 0.2) is 59.0 Å². The highest BCUT2D eigenvalue weighted by Gasteiger charge is 2.08. The van der Waals surface area contributed by atoms with Gasteiger partial charge in [-0.15, -0.1) is 11.3 Å². The van der Waals surface area contributed by atoms with Gasteiger partial charge in [0, 0.05) is 11.8 Å². The van der Waals surface area contributed by atoms with Gasteiger partial charge < -0.3 is 10.1 Å². The molecule has 0 spiro atoms. The number of thiophene rings is 1. The second kappa shape index (κ2) is 7.10. The largest absolute Gasteiger partial charge is 0.497 e. The fourth-order valence-electron chi connectivity index (χ4n) is 2.13. The van der Waals surface area contributed by atoms with Crippen LogP contribution in [0.25, 0.3) is 10.6 Å². The Balaban J connectivity index is 1.68. The maximum atomic E-state index is 12.1. The minimum absolute atomic E-state index is 0.0947. The van der Waals surface area contributed by atoms with Gasteiger partial charge in [0.1, 0.15) is 12.3 Å². The molecule has 2 aromatic heterocycles. The molecule has 1 amide bonds. The van der Waals surface area contributed by atoms with Crippen molar-refractivity contribution in [1.82, 2.24) is 9.55 Å². The van der Waals surface area contributed by atoms with E-state index in [1.807, 2.05) is 17.5 Å². The summed E-state index contributed by atoms with van der Waals surface area (Å²) in [6.45, 7) is -0.0947. The summed E-state index contributed by atoms with van der Waals surface area (Å²) in [7, 11) is 1.58. The van der Waals surface area contributed by atoms with Crippen molar-refractivity contribution >= 4 is 22.9 Å². The molecule has 0 aliphatic rings. The Hall–Kier alpha value is -2.93. The number of nitrogens with zero attached hydrogens (tertiary/aromatic N) is 2. The summed E-state index contributed by atoms with van der Waals surface area (Å²) in [5.74, 6) is 0.408. The molecule has 0 saturated heterocycles. The molecule has 2 heterocycles. The number of aromatic nitrogens is 2. The molecule has 1 aromatic carbocycles. The van der Waals surface area contributed by atoms with E-state index >= 15 is 0 Å². The molecule has 3 aromatic rings. The highest BCUT2D eigenvalue weighted by Crippen LogP contribution is 2.20. The van der Waals surface area contributed by atoms with Crippen LogP contribution in [0.3, 0.4) is 0 Å². The molecule has 0 bridgehead atoms. The average Bonchev–Trinajstić information content (AvgIpc) is 3.12. The van der Waals surface area contributed by atoms with Crippen molar-refractivity contribution < 1.29 is 9.53 Å². The third kappa shape index (κ3) is 3.69. The van der Waals surface area contributed by atoms with Gasteiger partial charge in [-0.3, -0.25) is 14.2 Å². The Kier molecular flexibility index (Phi) is 4.72. The molecular formula is C17H15N3O3S. The summed E-state index contributed by atoms with van der Waals surface area (Å²) in [4.78, 5) is 29.4. The predicted octanol–water partition coefficient (Wildman–Crippen LogP) is 2.62. The fourth-order valence-corrected chi connectivity index (χ4v) is 2.83. The van der Waals surface area contributed by atoms with Gasteiger partial charge in [-0.2, -0.15) is 0 Å².